The van der Waals surface area contributed by atoms with Crippen molar-refractivity contribution in [1.82, 2.24) is 4.98 Å². The van der Waals surface area contributed by atoms with Gasteiger partial charge in [-0.25, -0.2) is 0 Å². The van der Waals surface area contributed by atoms with Crippen molar-refractivity contribution in [3.63, 3.8) is 0 Å². The lowest BCUT2D eigenvalue weighted by atomic mass is 9.97. The minimum absolute atomic E-state index is 0.116. The maximum Gasteiger partial charge on any atom is 0.261 e. The number of aromatic amines is 1. The summed E-state index contributed by atoms with van der Waals surface area (Å²) in [5.41, 5.74) is 13.9. The summed E-state index contributed by atoms with van der Waals surface area (Å²) in [5.74, 6) is 0. The van der Waals surface area contributed by atoms with E-state index in [2.05, 4.69) is 4.98 Å². The van der Waals surface area contributed by atoms with E-state index in [9.17, 15) is 19.2 Å². The van der Waals surface area contributed by atoms with Crippen molar-refractivity contribution in [1.29, 1.82) is 0 Å². The van der Waals surface area contributed by atoms with Gasteiger partial charge in [-0.2, -0.15) is 0 Å². The zero-order valence-electron chi connectivity index (χ0n) is 13.9. The molecule has 8 heteroatoms. The van der Waals surface area contributed by atoms with Crippen molar-refractivity contribution in [2.24, 2.45) is 5.73 Å². The molecule has 0 aliphatic heterocycles. The van der Waals surface area contributed by atoms with Crippen molar-refractivity contribution in [2.45, 2.75) is 6.92 Å². The Hall–Kier alpha value is -3.52. The third kappa shape index (κ3) is 2.20. The van der Waals surface area contributed by atoms with Gasteiger partial charge < -0.3 is 17.2 Å². The van der Waals surface area contributed by atoms with Gasteiger partial charge in [0.2, 0.25) is 0 Å². The molecule has 1 aromatic heterocycles. The fourth-order valence-electron chi connectivity index (χ4n) is 3.11. The van der Waals surface area contributed by atoms with E-state index >= 15 is 0 Å². The number of benzene rings is 3. The summed E-state index contributed by atoms with van der Waals surface area (Å²) >= 11 is 0. The first-order valence-corrected chi connectivity index (χ1v) is 7.84. The molecule has 0 atom stereocenters. The largest absolute Gasteiger partial charge is 0.397 e. The van der Waals surface area contributed by atoms with Crippen LogP contribution in [0.25, 0.3) is 32.3 Å². The van der Waals surface area contributed by atoms with Gasteiger partial charge in [0.25, 0.3) is 11.1 Å². The van der Waals surface area contributed by atoms with Crippen molar-refractivity contribution < 1.29 is 0 Å². The fraction of sp³-hybridized carbons (Fsp3) is 0.111. The average molecular weight is 352 g/mol. The first kappa shape index (κ1) is 17.3. The van der Waals surface area contributed by atoms with Gasteiger partial charge in [-0.15, -0.1) is 0 Å². The molecule has 0 aliphatic rings. The highest BCUT2D eigenvalue weighted by Gasteiger charge is 2.22. The van der Waals surface area contributed by atoms with Crippen LogP contribution in [0.3, 0.4) is 0 Å². The number of nitrogens with one attached hydrogen (secondary N) is 1. The number of rotatable bonds is 0. The number of nitrogen functional groups attached to an aromatic ring is 2. The normalized spacial score (nSPS) is 11.0. The summed E-state index contributed by atoms with van der Waals surface area (Å²) in [6.45, 7) is 2.65. The molecule has 4 aromatic rings. The predicted molar refractivity (Wildman–Crippen MR) is 104 cm³/mol. The maximum absolute atomic E-state index is 12.7. The summed E-state index contributed by atoms with van der Waals surface area (Å²) in [7, 11) is 0. The molecule has 0 saturated heterocycles. The molecule has 0 bridgehead atoms. The first-order valence-electron chi connectivity index (χ1n) is 7.84. The van der Waals surface area contributed by atoms with Crippen LogP contribution in [-0.2, 0) is 0 Å². The second-order valence-corrected chi connectivity index (χ2v) is 5.72. The quantitative estimate of drug-likeness (QED) is 0.195. The highest BCUT2D eigenvalue weighted by atomic mass is 16.2. The molecule has 7 N–H and O–H groups in total. The Balaban J connectivity index is 0.000000613. The number of H-pyrrole nitrogens is 1. The fourth-order valence-corrected chi connectivity index (χ4v) is 3.11. The Kier molecular flexibility index (Phi) is 4.05. The number of anilines is 2. The molecular weight excluding hydrogens is 336 g/mol. The molecule has 0 unspecified atom stereocenters. The second kappa shape index (κ2) is 6.08. The Morgan fingerprint density at radius 3 is 1.46 bits per heavy atom. The van der Waals surface area contributed by atoms with Crippen molar-refractivity contribution in [3.05, 3.63) is 65.4 Å². The Bertz CT molecular complexity index is 1280. The monoisotopic (exact) mass is 352 g/mol. The van der Waals surface area contributed by atoms with E-state index < -0.39 is 22.0 Å². The zero-order valence-corrected chi connectivity index (χ0v) is 13.9. The zero-order chi connectivity index (χ0) is 19.2. The van der Waals surface area contributed by atoms with Gasteiger partial charge in [-0.05, 0) is 6.54 Å². The van der Waals surface area contributed by atoms with E-state index in [1.807, 2.05) is 6.92 Å². The summed E-state index contributed by atoms with van der Waals surface area (Å²) < 4.78 is 0. The van der Waals surface area contributed by atoms with Crippen LogP contribution < -0.4 is 39.2 Å². The van der Waals surface area contributed by atoms with Crippen LogP contribution in [0.15, 0.2) is 43.4 Å². The smallest absolute Gasteiger partial charge is 0.261 e. The lowest BCUT2D eigenvalue weighted by Crippen LogP contribution is -2.17. The average Bonchev–Trinajstić information content (AvgIpc) is 2.91. The van der Waals surface area contributed by atoms with Crippen LogP contribution in [0.1, 0.15) is 6.92 Å². The van der Waals surface area contributed by atoms with E-state index in [0.29, 0.717) is 0 Å². The summed E-state index contributed by atoms with van der Waals surface area (Å²) in [5, 5.41) is -0.135. The summed E-state index contributed by atoms with van der Waals surface area (Å²) in [4.78, 5) is 51.3. The molecule has 8 nitrogen and oxygen atoms in total. The molecule has 4 rings (SSSR count). The third-order valence-electron chi connectivity index (χ3n) is 4.13. The molecular formula is C18H16N4O4. The lowest BCUT2D eigenvalue weighted by molar-refractivity contribution is 1.14. The number of nitrogens with two attached hydrogens (primary N) is 3. The SMILES string of the molecule is CCN.Nc1c2c(=O)[nH]c(=O)c2c(N)c2c(=O)c3ccccc3c(=O)c12. The van der Waals surface area contributed by atoms with Crippen LogP contribution in [0, 0.1) is 0 Å². The Morgan fingerprint density at radius 2 is 1.12 bits per heavy atom. The van der Waals surface area contributed by atoms with Gasteiger partial charge in [-0.3, -0.25) is 24.2 Å². The number of hydrogen-bond acceptors (Lipinski definition) is 7. The van der Waals surface area contributed by atoms with E-state index in [1.54, 1.807) is 12.1 Å². The molecule has 3 aromatic carbocycles. The number of fused-ring (bicyclic) bond motifs is 3. The van der Waals surface area contributed by atoms with Crippen LogP contribution in [-0.4, -0.2) is 11.5 Å². The maximum atomic E-state index is 12.7. The molecule has 132 valence electrons. The van der Waals surface area contributed by atoms with Gasteiger partial charge in [0, 0.05) is 10.8 Å². The molecule has 26 heavy (non-hydrogen) atoms. The first-order chi connectivity index (χ1) is 12.3. The van der Waals surface area contributed by atoms with Gasteiger partial charge >= 0.3 is 0 Å². The van der Waals surface area contributed by atoms with E-state index in [0.717, 1.165) is 6.54 Å². The number of hydrogen-bond donors (Lipinski definition) is 4. The van der Waals surface area contributed by atoms with Crippen molar-refractivity contribution in [2.75, 3.05) is 18.0 Å². The van der Waals surface area contributed by atoms with Gasteiger partial charge in [-0.1, -0.05) is 31.2 Å². The van der Waals surface area contributed by atoms with E-state index in [-0.39, 0.29) is 43.7 Å². The highest BCUT2D eigenvalue weighted by Crippen LogP contribution is 2.30. The standard InChI is InChI=1S/C16H9N3O4.C2H7N/c17-11-7-8(12(18)10-9(11)15(22)19-16(10)23)14(21)6-4-2-1-3-5(6)13(7)20;1-2-3/h1-4H,17-18H2,(H,19,22,23);2-3H2,1H3. The van der Waals surface area contributed by atoms with Gasteiger partial charge in [0.15, 0.2) is 10.9 Å². The molecule has 0 fully saturated rings. The van der Waals surface area contributed by atoms with Crippen LogP contribution in [0.5, 0.6) is 0 Å². The molecule has 0 radical (unpaired) electrons. The Labute approximate surface area is 145 Å². The molecule has 1 heterocycles. The highest BCUT2D eigenvalue weighted by molar-refractivity contribution is 6.20. The van der Waals surface area contributed by atoms with E-state index in [1.165, 1.54) is 12.1 Å². The summed E-state index contributed by atoms with van der Waals surface area (Å²) in [6.07, 6.45) is 0. The molecule has 0 saturated carbocycles. The predicted octanol–water partition coefficient (Wildman–Crippen LogP) is -0.0799. The lowest BCUT2D eigenvalue weighted by Gasteiger charge is -2.07. The minimum atomic E-state index is -0.726. The van der Waals surface area contributed by atoms with Crippen LogP contribution >= 0.6 is 0 Å². The van der Waals surface area contributed by atoms with E-state index in [4.69, 9.17) is 17.2 Å². The van der Waals surface area contributed by atoms with Crippen LogP contribution in [0.2, 0.25) is 0 Å². The summed E-state index contributed by atoms with van der Waals surface area (Å²) in [6, 6.07) is 6.26. The van der Waals surface area contributed by atoms with Crippen LogP contribution in [0.4, 0.5) is 11.4 Å². The molecule has 0 amide bonds. The second-order valence-electron chi connectivity index (χ2n) is 5.72. The minimum Gasteiger partial charge on any atom is -0.397 e. The topological polar surface area (TPSA) is 162 Å². The van der Waals surface area contributed by atoms with Gasteiger partial charge in [0.1, 0.15) is 0 Å². The third-order valence-corrected chi connectivity index (χ3v) is 4.13. The Morgan fingerprint density at radius 1 is 0.769 bits per heavy atom. The molecule has 0 aliphatic carbocycles. The van der Waals surface area contributed by atoms with Crippen molar-refractivity contribution in [3.8, 4) is 0 Å². The number of aromatic nitrogens is 1. The molecule has 0 spiro atoms. The van der Waals surface area contributed by atoms with Crippen molar-refractivity contribution >= 4 is 43.7 Å². The van der Waals surface area contributed by atoms with Gasteiger partial charge in [0.05, 0.1) is 32.9 Å².